The van der Waals surface area contributed by atoms with Crippen molar-refractivity contribution < 1.29 is 9.59 Å². The van der Waals surface area contributed by atoms with Crippen LogP contribution in [0.3, 0.4) is 0 Å². The van der Waals surface area contributed by atoms with Crippen molar-refractivity contribution in [1.29, 1.82) is 0 Å². The van der Waals surface area contributed by atoms with E-state index in [1.165, 1.54) is 18.3 Å². The van der Waals surface area contributed by atoms with E-state index in [9.17, 15) is 9.59 Å². The molecule has 0 radical (unpaired) electrons. The molecule has 0 saturated carbocycles. The summed E-state index contributed by atoms with van der Waals surface area (Å²) in [6.07, 6.45) is 3.15. The molecule has 106 valence electrons. The van der Waals surface area contributed by atoms with Crippen LogP contribution in [0.4, 0.5) is 0 Å². The highest BCUT2D eigenvalue weighted by molar-refractivity contribution is 7.13. The van der Waals surface area contributed by atoms with Gasteiger partial charge < -0.3 is 10.6 Å². The van der Waals surface area contributed by atoms with Gasteiger partial charge in [-0.25, -0.2) is 4.98 Å². The van der Waals surface area contributed by atoms with E-state index >= 15 is 0 Å². The SMILES string of the molecule is CCCCc1nc(C)c(C(=O)NCCNC(C)=O)s1. The van der Waals surface area contributed by atoms with Gasteiger partial charge in [0.15, 0.2) is 0 Å². The summed E-state index contributed by atoms with van der Waals surface area (Å²) in [4.78, 5) is 27.7. The normalized spacial score (nSPS) is 10.3. The zero-order valence-electron chi connectivity index (χ0n) is 11.7. The minimum atomic E-state index is -0.108. The fraction of sp³-hybridized carbons (Fsp3) is 0.615. The van der Waals surface area contributed by atoms with Gasteiger partial charge in [0.1, 0.15) is 4.88 Å². The molecule has 19 heavy (non-hydrogen) atoms. The van der Waals surface area contributed by atoms with E-state index in [-0.39, 0.29) is 11.8 Å². The van der Waals surface area contributed by atoms with Gasteiger partial charge in [-0.2, -0.15) is 0 Å². The van der Waals surface area contributed by atoms with Crippen molar-refractivity contribution in [2.24, 2.45) is 0 Å². The number of hydrogen-bond acceptors (Lipinski definition) is 4. The summed E-state index contributed by atoms with van der Waals surface area (Å²) in [5.41, 5.74) is 0.785. The molecule has 0 aromatic carbocycles. The molecular formula is C13H21N3O2S. The van der Waals surface area contributed by atoms with E-state index < -0.39 is 0 Å². The highest BCUT2D eigenvalue weighted by atomic mass is 32.1. The van der Waals surface area contributed by atoms with Crippen LogP contribution in [0.25, 0.3) is 0 Å². The number of hydrogen-bond donors (Lipinski definition) is 2. The lowest BCUT2D eigenvalue weighted by Gasteiger charge is -2.04. The summed E-state index contributed by atoms with van der Waals surface area (Å²) in [5, 5.41) is 6.44. The average Bonchev–Trinajstić information content (AvgIpc) is 2.73. The molecule has 0 spiro atoms. The van der Waals surface area contributed by atoms with Crippen molar-refractivity contribution in [3.05, 3.63) is 15.6 Å². The number of unbranched alkanes of at least 4 members (excludes halogenated alkanes) is 1. The van der Waals surface area contributed by atoms with Gasteiger partial charge in [0.2, 0.25) is 5.91 Å². The summed E-state index contributed by atoms with van der Waals surface area (Å²) in [5.74, 6) is -0.201. The maximum Gasteiger partial charge on any atom is 0.263 e. The van der Waals surface area contributed by atoms with E-state index in [4.69, 9.17) is 0 Å². The Morgan fingerprint density at radius 1 is 1.26 bits per heavy atom. The van der Waals surface area contributed by atoms with Crippen molar-refractivity contribution >= 4 is 23.2 Å². The van der Waals surface area contributed by atoms with Crippen LogP contribution in [-0.2, 0) is 11.2 Å². The number of nitrogens with one attached hydrogen (secondary N) is 2. The Hall–Kier alpha value is -1.43. The zero-order valence-corrected chi connectivity index (χ0v) is 12.5. The van der Waals surface area contributed by atoms with Gasteiger partial charge in [-0.05, 0) is 19.8 Å². The third kappa shape index (κ3) is 5.38. The lowest BCUT2D eigenvalue weighted by molar-refractivity contribution is -0.118. The van der Waals surface area contributed by atoms with E-state index in [1.807, 2.05) is 6.92 Å². The predicted octanol–water partition coefficient (Wildman–Crippen LogP) is 1.66. The van der Waals surface area contributed by atoms with Crippen LogP contribution in [-0.4, -0.2) is 29.9 Å². The minimum absolute atomic E-state index is 0.0925. The summed E-state index contributed by atoms with van der Waals surface area (Å²) >= 11 is 1.46. The monoisotopic (exact) mass is 283 g/mol. The summed E-state index contributed by atoms with van der Waals surface area (Å²) in [6, 6.07) is 0. The Labute approximate surface area is 117 Å². The quantitative estimate of drug-likeness (QED) is 0.748. The highest BCUT2D eigenvalue weighted by Gasteiger charge is 2.14. The molecule has 2 N–H and O–H groups in total. The minimum Gasteiger partial charge on any atom is -0.355 e. The van der Waals surface area contributed by atoms with Crippen molar-refractivity contribution in [2.75, 3.05) is 13.1 Å². The lowest BCUT2D eigenvalue weighted by Crippen LogP contribution is -2.33. The lowest BCUT2D eigenvalue weighted by atomic mass is 10.3. The fourth-order valence-electron chi connectivity index (χ4n) is 1.59. The number of rotatable bonds is 7. The first kappa shape index (κ1) is 15.6. The zero-order chi connectivity index (χ0) is 14.3. The van der Waals surface area contributed by atoms with Gasteiger partial charge in [0.25, 0.3) is 5.91 Å². The smallest absolute Gasteiger partial charge is 0.263 e. The molecular weight excluding hydrogens is 262 g/mol. The molecule has 0 aliphatic heterocycles. The van der Waals surface area contributed by atoms with Crippen LogP contribution in [0, 0.1) is 6.92 Å². The third-order valence-corrected chi connectivity index (χ3v) is 3.79. The molecule has 0 aliphatic carbocycles. The van der Waals surface area contributed by atoms with Crippen LogP contribution in [0.1, 0.15) is 47.1 Å². The Kier molecular flexibility index (Phi) is 6.49. The number of carbonyl (C=O) groups is 2. The Morgan fingerprint density at radius 3 is 2.58 bits per heavy atom. The van der Waals surface area contributed by atoms with Crippen LogP contribution in [0.2, 0.25) is 0 Å². The molecule has 2 amide bonds. The van der Waals surface area contributed by atoms with Crippen LogP contribution in [0.15, 0.2) is 0 Å². The molecule has 1 aromatic heterocycles. The molecule has 6 heteroatoms. The fourth-order valence-corrected chi connectivity index (χ4v) is 2.62. The van der Waals surface area contributed by atoms with Crippen molar-refractivity contribution in [3.8, 4) is 0 Å². The average molecular weight is 283 g/mol. The number of thiazole rings is 1. The Balaban J connectivity index is 2.47. The summed E-state index contributed by atoms with van der Waals surface area (Å²) in [7, 11) is 0. The second-order valence-electron chi connectivity index (χ2n) is 4.36. The van der Waals surface area contributed by atoms with E-state index in [0.29, 0.717) is 18.0 Å². The number of aromatic nitrogens is 1. The van der Waals surface area contributed by atoms with E-state index in [2.05, 4.69) is 22.5 Å². The maximum atomic E-state index is 11.9. The number of amides is 2. The van der Waals surface area contributed by atoms with Gasteiger partial charge >= 0.3 is 0 Å². The first-order valence-electron chi connectivity index (χ1n) is 6.53. The van der Waals surface area contributed by atoms with Crippen LogP contribution < -0.4 is 10.6 Å². The van der Waals surface area contributed by atoms with E-state index in [1.54, 1.807) is 0 Å². The topological polar surface area (TPSA) is 71.1 Å². The number of nitrogens with zero attached hydrogens (tertiary/aromatic N) is 1. The summed E-state index contributed by atoms with van der Waals surface area (Å²) in [6.45, 7) is 6.32. The molecule has 0 fully saturated rings. The molecule has 0 aliphatic rings. The molecule has 1 rings (SSSR count). The molecule has 0 bridgehead atoms. The Bertz CT molecular complexity index is 443. The van der Waals surface area contributed by atoms with Gasteiger partial charge in [-0.1, -0.05) is 13.3 Å². The van der Waals surface area contributed by atoms with Crippen molar-refractivity contribution in [2.45, 2.75) is 40.0 Å². The van der Waals surface area contributed by atoms with Crippen molar-refractivity contribution in [1.82, 2.24) is 15.6 Å². The van der Waals surface area contributed by atoms with Crippen LogP contribution >= 0.6 is 11.3 Å². The number of carbonyl (C=O) groups excluding carboxylic acids is 2. The van der Waals surface area contributed by atoms with Gasteiger partial charge in [0.05, 0.1) is 10.7 Å². The highest BCUT2D eigenvalue weighted by Crippen LogP contribution is 2.19. The first-order valence-corrected chi connectivity index (χ1v) is 7.35. The molecule has 1 heterocycles. The molecule has 5 nitrogen and oxygen atoms in total. The number of aryl methyl sites for hydroxylation is 2. The molecule has 0 saturated heterocycles. The van der Waals surface area contributed by atoms with Gasteiger partial charge in [-0.15, -0.1) is 11.3 Å². The summed E-state index contributed by atoms with van der Waals surface area (Å²) < 4.78 is 0. The largest absolute Gasteiger partial charge is 0.355 e. The second-order valence-corrected chi connectivity index (χ2v) is 5.45. The molecule has 0 atom stereocenters. The predicted molar refractivity (Wildman–Crippen MR) is 76.5 cm³/mol. The second kappa shape index (κ2) is 7.89. The van der Waals surface area contributed by atoms with Crippen molar-refractivity contribution in [3.63, 3.8) is 0 Å². The standard InChI is InChI=1S/C13H21N3O2S/c1-4-5-6-11-16-9(2)12(19-11)13(18)15-8-7-14-10(3)17/h4-8H2,1-3H3,(H,14,17)(H,15,18). The first-order chi connectivity index (χ1) is 9.04. The molecule has 0 unspecified atom stereocenters. The third-order valence-electron chi connectivity index (χ3n) is 2.58. The van der Waals surface area contributed by atoms with Gasteiger partial charge in [-0.3, -0.25) is 9.59 Å². The van der Waals surface area contributed by atoms with Crippen LogP contribution in [0.5, 0.6) is 0 Å². The van der Waals surface area contributed by atoms with E-state index in [0.717, 1.165) is 30.0 Å². The molecule has 1 aromatic rings. The van der Waals surface area contributed by atoms with Gasteiger partial charge in [0, 0.05) is 20.0 Å². The Morgan fingerprint density at radius 2 is 1.95 bits per heavy atom. The maximum absolute atomic E-state index is 11.9.